The van der Waals surface area contributed by atoms with E-state index < -0.39 is 126 Å². The van der Waals surface area contributed by atoms with Crippen molar-refractivity contribution in [3.8, 4) is 0 Å². The average Bonchev–Trinajstić information content (AvgIpc) is 4.04. The molecule has 0 spiro atoms. The summed E-state index contributed by atoms with van der Waals surface area (Å²) in [7, 11) is 0. The van der Waals surface area contributed by atoms with E-state index in [1.54, 1.807) is 65.8 Å². The van der Waals surface area contributed by atoms with Crippen molar-refractivity contribution in [3.05, 3.63) is 35.9 Å². The van der Waals surface area contributed by atoms with Crippen molar-refractivity contribution in [1.82, 2.24) is 41.7 Å². The van der Waals surface area contributed by atoms with Crippen molar-refractivity contribution < 1.29 is 48.3 Å². The molecule has 2 aliphatic heterocycles. The summed E-state index contributed by atoms with van der Waals surface area (Å²) in [4.78, 5) is 129. The van der Waals surface area contributed by atoms with Crippen molar-refractivity contribution in [2.24, 2.45) is 45.9 Å². The lowest BCUT2D eigenvalue weighted by atomic mass is 9.94. The molecule has 0 saturated carbocycles. The maximum Gasteiger partial charge on any atom is 0.326 e. The summed E-state index contributed by atoms with van der Waals surface area (Å²) in [5, 5.41) is 26.0. The van der Waals surface area contributed by atoms with Gasteiger partial charge in [-0.05, 0) is 67.8 Å². The lowest BCUT2D eigenvalue weighted by Crippen LogP contribution is -2.61. The Kier molecular flexibility index (Phi) is 23.7. The van der Waals surface area contributed by atoms with Crippen LogP contribution in [0.15, 0.2) is 35.3 Å². The highest BCUT2D eigenvalue weighted by Crippen LogP contribution is 2.23. The first-order valence-corrected chi connectivity index (χ1v) is 25.0. The number of nitrogens with two attached hydrogens (primary N) is 3. The standard InChI is InChI=1S/C49H80N12O10/c1-9-29(7)39(46(68)59-40(30(8)10-2)45(67)57-38(28(5)6)48(70)71)58-43(65)35-21-16-24-61(35)47(69)33(25-31-17-12-11-13-18-31)56-42(64)34-20-15-23-60(34)36(62)26-54-41(63)32(19-14-22-53-49(51)52)55-44(66)37(50)27(3)4/h11-13,17-18,27-30,32-35,37-40H,9-10,14-16,19-26,50H2,1-8H3,(H,54,63)(H,55,66)(H,56,64)(H,57,67)(H,58,65)(H,59,68)(H,70,71)(H4,51,52,53)/t29-,30-,32-,33-,34-,35-,37-,38-,39-,40-/m0/s1. The first-order chi connectivity index (χ1) is 33.5. The van der Waals surface area contributed by atoms with Crippen molar-refractivity contribution in [2.75, 3.05) is 26.2 Å². The highest BCUT2D eigenvalue weighted by Gasteiger charge is 2.42. The van der Waals surface area contributed by atoms with Crippen molar-refractivity contribution in [2.45, 2.75) is 162 Å². The molecule has 2 saturated heterocycles. The van der Waals surface area contributed by atoms with Gasteiger partial charge in [0.1, 0.15) is 42.3 Å². The zero-order valence-corrected chi connectivity index (χ0v) is 42.7. The fraction of sp³-hybridized carbons (Fsp3) is 0.673. The number of rotatable bonds is 27. The molecule has 1 aromatic rings. The molecule has 3 rings (SSSR count). The molecule has 0 aliphatic carbocycles. The quantitative estimate of drug-likeness (QED) is 0.0306. The third kappa shape index (κ3) is 17.5. The number of aliphatic carboxylic acids is 1. The number of nitrogens with zero attached hydrogens (tertiary/aromatic N) is 3. The molecule has 13 N–H and O–H groups in total. The summed E-state index contributed by atoms with van der Waals surface area (Å²) in [5.74, 6) is -7.55. The molecule has 22 heteroatoms. The Hall–Kier alpha value is -6.32. The molecule has 2 aliphatic rings. The van der Waals surface area contributed by atoms with Crippen LogP contribution in [0.1, 0.15) is 112 Å². The van der Waals surface area contributed by atoms with Gasteiger partial charge in [0.2, 0.25) is 47.3 Å². The molecule has 10 atom stereocenters. The fourth-order valence-corrected chi connectivity index (χ4v) is 8.54. The number of aliphatic imine (C=N–C) groups is 1. The number of carboxylic acid groups (broad SMARTS) is 1. The predicted octanol–water partition coefficient (Wildman–Crippen LogP) is -0.379. The van der Waals surface area contributed by atoms with E-state index in [2.05, 4.69) is 36.9 Å². The monoisotopic (exact) mass is 997 g/mol. The lowest BCUT2D eigenvalue weighted by molar-refractivity contribution is -0.144. The third-order valence-electron chi connectivity index (χ3n) is 13.4. The number of hydrogen-bond acceptors (Lipinski definition) is 11. The number of benzene rings is 1. The van der Waals surface area contributed by atoms with E-state index >= 15 is 0 Å². The Bertz CT molecular complexity index is 2030. The molecule has 0 bridgehead atoms. The molecule has 396 valence electrons. The van der Waals surface area contributed by atoms with Gasteiger partial charge in [-0.3, -0.25) is 43.3 Å². The van der Waals surface area contributed by atoms with Gasteiger partial charge in [-0.25, -0.2) is 4.79 Å². The minimum Gasteiger partial charge on any atom is -0.480 e. The minimum absolute atomic E-state index is 0.0558. The molecule has 1 aromatic carbocycles. The number of carbonyl (C=O) groups excluding carboxylic acids is 8. The summed E-state index contributed by atoms with van der Waals surface area (Å²) < 4.78 is 0. The zero-order valence-electron chi connectivity index (χ0n) is 42.7. The van der Waals surface area contributed by atoms with Gasteiger partial charge in [-0.1, -0.05) is 98.6 Å². The maximum absolute atomic E-state index is 14.7. The predicted molar refractivity (Wildman–Crippen MR) is 266 cm³/mol. The normalized spacial score (nSPS) is 19.0. The number of nitrogens with one attached hydrogen (secondary N) is 6. The van der Waals surface area contributed by atoms with E-state index in [9.17, 15) is 48.3 Å². The smallest absolute Gasteiger partial charge is 0.326 e. The maximum atomic E-state index is 14.7. The first kappa shape index (κ1) is 59.0. The number of amides is 8. The van der Waals surface area contributed by atoms with E-state index in [-0.39, 0.29) is 57.2 Å². The summed E-state index contributed by atoms with van der Waals surface area (Å²) in [6, 6.07) is 0.470. The van der Waals surface area contributed by atoms with Crippen LogP contribution in [0, 0.1) is 23.7 Å². The highest BCUT2D eigenvalue weighted by molar-refractivity contribution is 5.98. The van der Waals surface area contributed by atoms with Crippen LogP contribution >= 0.6 is 0 Å². The number of hydrogen-bond donors (Lipinski definition) is 10. The molecular formula is C49H80N12O10. The number of likely N-dealkylation sites (tertiary alicyclic amines) is 2. The highest BCUT2D eigenvalue weighted by atomic mass is 16.4. The Morgan fingerprint density at radius 3 is 1.75 bits per heavy atom. The van der Waals surface area contributed by atoms with Crippen LogP contribution in [-0.2, 0) is 49.6 Å². The molecule has 8 amide bonds. The van der Waals surface area contributed by atoms with E-state index in [1.807, 2.05) is 19.9 Å². The zero-order chi connectivity index (χ0) is 53.1. The lowest BCUT2D eigenvalue weighted by Gasteiger charge is -2.33. The van der Waals surface area contributed by atoms with Gasteiger partial charge in [0, 0.05) is 26.1 Å². The van der Waals surface area contributed by atoms with Crippen LogP contribution in [-0.4, -0.2) is 149 Å². The van der Waals surface area contributed by atoms with E-state index in [0.29, 0.717) is 32.1 Å². The molecule has 0 aromatic heterocycles. The van der Waals surface area contributed by atoms with Crippen LogP contribution < -0.4 is 49.1 Å². The fourth-order valence-electron chi connectivity index (χ4n) is 8.54. The van der Waals surface area contributed by atoms with Crippen LogP contribution in [0.4, 0.5) is 0 Å². The minimum atomic E-state index is -1.21. The molecule has 2 fully saturated rings. The summed E-state index contributed by atoms with van der Waals surface area (Å²) in [6.45, 7) is 14.2. The molecule has 71 heavy (non-hydrogen) atoms. The third-order valence-corrected chi connectivity index (χ3v) is 13.4. The first-order valence-electron chi connectivity index (χ1n) is 25.0. The summed E-state index contributed by atoms with van der Waals surface area (Å²) in [6.07, 6.45) is 2.93. The van der Waals surface area contributed by atoms with Gasteiger partial charge >= 0.3 is 5.97 Å². The second kappa shape index (κ2) is 28.5. The molecule has 22 nitrogen and oxygen atoms in total. The van der Waals surface area contributed by atoms with E-state index in [1.165, 1.54) is 9.80 Å². The Labute approximate surface area is 417 Å². The van der Waals surface area contributed by atoms with E-state index in [0.717, 1.165) is 5.56 Å². The van der Waals surface area contributed by atoms with E-state index in [4.69, 9.17) is 17.2 Å². The van der Waals surface area contributed by atoms with Crippen LogP contribution in [0.3, 0.4) is 0 Å². The summed E-state index contributed by atoms with van der Waals surface area (Å²) in [5.41, 5.74) is 17.6. The van der Waals surface area contributed by atoms with Crippen molar-refractivity contribution in [3.63, 3.8) is 0 Å². The SMILES string of the molecule is CC[C@H](C)[C@H](NC(=O)[C@@H](NC(=O)[C@@H]1CCCN1C(=O)[C@H](Cc1ccccc1)NC(=O)[C@@H]1CCCN1C(=O)CNC(=O)[C@H](CCCN=C(N)N)NC(=O)[C@@H](N)C(C)C)[C@@H](C)CC)C(=O)N[C@H](C(=O)O)C(C)C. The number of carboxylic acids is 1. The Morgan fingerprint density at radius 2 is 1.21 bits per heavy atom. The van der Waals surface area contributed by atoms with Gasteiger partial charge in [0.15, 0.2) is 5.96 Å². The number of carbonyl (C=O) groups is 9. The van der Waals surface area contributed by atoms with Crippen LogP contribution in [0.5, 0.6) is 0 Å². The second-order valence-corrected chi connectivity index (χ2v) is 19.5. The topological polar surface area (TPSA) is 343 Å². The molecule has 2 heterocycles. The van der Waals surface area contributed by atoms with Gasteiger partial charge in [-0.2, -0.15) is 0 Å². The summed E-state index contributed by atoms with van der Waals surface area (Å²) >= 11 is 0. The van der Waals surface area contributed by atoms with Gasteiger partial charge in [0.05, 0.1) is 12.6 Å². The second-order valence-electron chi connectivity index (χ2n) is 19.5. The molecule has 0 radical (unpaired) electrons. The Morgan fingerprint density at radius 1 is 0.676 bits per heavy atom. The molecular weight excluding hydrogens is 917 g/mol. The van der Waals surface area contributed by atoms with Crippen molar-refractivity contribution >= 4 is 59.2 Å². The van der Waals surface area contributed by atoms with Crippen LogP contribution in [0.25, 0.3) is 0 Å². The van der Waals surface area contributed by atoms with Gasteiger partial charge < -0.3 is 64.0 Å². The number of guanidine groups is 1. The average molecular weight is 997 g/mol. The van der Waals surface area contributed by atoms with Gasteiger partial charge in [0.25, 0.3) is 0 Å². The van der Waals surface area contributed by atoms with Crippen molar-refractivity contribution in [1.29, 1.82) is 0 Å². The largest absolute Gasteiger partial charge is 0.480 e. The van der Waals surface area contributed by atoms with Crippen LogP contribution in [0.2, 0.25) is 0 Å². The van der Waals surface area contributed by atoms with Gasteiger partial charge in [-0.15, -0.1) is 0 Å². The molecule has 0 unspecified atom stereocenters. The Balaban J connectivity index is 1.80.